The van der Waals surface area contributed by atoms with Crippen molar-refractivity contribution in [2.75, 3.05) is 18.4 Å². The third kappa shape index (κ3) is 4.54. The monoisotopic (exact) mass is 378 g/mol. The Morgan fingerprint density at radius 3 is 2.46 bits per heavy atom. The van der Waals surface area contributed by atoms with E-state index in [9.17, 15) is 4.79 Å². The van der Waals surface area contributed by atoms with Crippen LogP contribution in [0.4, 0.5) is 5.82 Å². The van der Waals surface area contributed by atoms with Gasteiger partial charge < -0.3 is 10.6 Å². The molecular weight excluding hydrogens is 352 g/mol. The molecule has 3 aromatic rings. The van der Waals surface area contributed by atoms with Crippen molar-refractivity contribution in [1.82, 2.24) is 25.1 Å². The second kappa shape index (κ2) is 8.21. The van der Waals surface area contributed by atoms with Crippen molar-refractivity contribution in [3.8, 4) is 5.82 Å². The number of nitrogens with zero attached hydrogens (tertiary/aromatic N) is 4. The fourth-order valence-corrected chi connectivity index (χ4v) is 3.14. The zero-order chi connectivity index (χ0) is 20.3. The van der Waals surface area contributed by atoms with E-state index in [0.29, 0.717) is 30.3 Å². The largest absolute Gasteiger partial charge is 0.368 e. The molecule has 0 aliphatic heterocycles. The van der Waals surface area contributed by atoms with Gasteiger partial charge >= 0.3 is 0 Å². The first-order chi connectivity index (χ1) is 13.3. The van der Waals surface area contributed by atoms with Crippen molar-refractivity contribution in [2.45, 2.75) is 34.6 Å². The standard InChI is InChI=1S/C21H26N6O/c1-13-6-7-18(14(2)10-13)21(28)23-9-8-22-19-12-20(25-17(5)24-19)27-16(4)11-15(3)26-27/h6-7,10-12H,8-9H2,1-5H3,(H,23,28)(H,22,24,25). The molecule has 0 unspecified atom stereocenters. The number of hydrogen-bond acceptors (Lipinski definition) is 5. The highest BCUT2D eigenvalue weighted by Crippen LogP contribution is 2.14. The lowest BCUT2D eigenvalue weighted by molar-refractivity contribution is 0.0954. The second-order valence-corrected chi connectivity index (χ2v) is 7.00. The van der Waals surface area contributed by atoms with Crippen molar-refractivity contribution in [2.24, 2.45) is 0 Å². The molecule has 0 saturated heterocycles. The van der Waals surface area contributed by atoms with Crippen LogP contribution in [0.2, 0.25) is 0 Å². The van der Waals surface area contributed by atoms with E-state index in [4.69, 9.17) is 0 Å². The van der Waals surface area contributed by atoms with E-state index in [1.807, 2.05) is 65.0 Å². The number of anilines is 1. The van der Waals surface area contributed by atoms with Crippen LogP contribution in [-0.4, -0.2) is 38.7 Å². The van der Waals surface area contributed by atoms with Gasteiger partial charge in [0.25, 0.3) is 5.91 Å². The first kappa shape index (κ1) is 19.5. The summed E-state index contributed by atoms with van der Waals surface area (Å²) in [4.78, 5) is 21.2. The average Bonchev–Trinajstić information content (AvgIpc) is 2.96. The Hall–Kier alpha value is -3.22. The summed E-state index contributed by atoms with van der Waals surface area (Å²) in [6.45, 7) is 10.8. The Kier molecular flexibility index (Phi) is 5.73. The topological polar surface area (TPSA) is 84.7 Å². The molecule has 146 valence electrons. The molecule has 2 heterocycles. The van der Waals surface area contributed by atoms with Crippen LogP contribution in [0.15, 0.2) is 30.3 Å². The third-order valence-corrected chi connectivity index (χ3v) is 4.39. The fraction of sp³-hybridized carbons (Fsp3) is 0.333. The molecule has 0 saturated carbocycles. The van der Waals surface area contributed by atoms with Crippen molar-refractivity contribution in [3.05, 3.63) is 64.2 Å². The van der Waals surface area contributed by atoms with Crippen LogP contribution in [0.5, 0.6) is 0 Å². The van der Waals surface area contributed by atoms with Gasteiger partial charge in [0.05, 0.1) is 5.69 Å². The van der Waals surface area contributed by atoms with E-state index < -0.39 is 0 Å². The van der Waals surface area contributed by atoms with Gasteiger partial charge in [0, 0.05) is 30.4 Å². The van der Waals surface area contributed by atoms with E-state index in [1.54, 1.807) is 4.68 Å². The van der Waals surface area contributed by atoms with Crippen molar-refractivity contribution in [1.29, 1.82) is 0 Å². The number of aromatic nitrogens is 4. The highest BCUT2D eigenvalue weighted by molar-refractivity contribution is 5.95. The predicted molar refractivity (Wildman–Crippen MR) is 110 cm³/mol. The maximum Gasteiger partial charge on any atom is 0.251 e. The number of carbonyl (C=O) groups is 1. The molecule has 1 aromatic carbocycles. The number of hydrogen-bond donors (Lipinski definition) is 2. The predicted octanol–water partition coefficient (Wildman–Crippen LogP) is 3.05. The molecular formula is C21H26N6O. The fourth-order valence-electron chi connectivity index (χ4n) is 3.14. The van der Waals surface area contributed by atoms with E-state index in [-0.39, 0.29) is 5.91 Å². The van der Waals surface area contributed by atoms with Gasteiger partial charge in [-0.25, -0.2) is 14.6 Å². The summed E-state index contributed by atoms with van der Waals surface area (Å²) in [5.74, 6) is 2.02. The molecule has 7 heteroatoms. The van der Waals surface area contributed by atoms with Gasteiger partial charge in [-0.15, -0.1) is 0 Å². The molecule has 0 aliphatic rings. The van der Waals surface area contributed by atoms with Gasteiger partial charge in [-0.2, -0.15) is 5.10 Å². The average molecular weight is 378 g/mol. The van der Waals surface area contributed by atoms with Crippen molar-refractivity contribution in [3.63, 3.8) is 0 Å². The molecule has 0 bridgehead atoms. The van der Waals surface area contributed by atoms with E-state index in [2.05, 4.69) is 25.7 Å². The van der Waals surface area contributed by atoms with Crippen molar-refractivity contribution < 1.29 is 4.79 Å². The Labute approximate surface area is 165 Å². The Morgan fingerprint density at radius 1 is 1.00 bits per heavy atom. The maximum absolute atomic E-state index is 12.3. The molecule has 0 radical (unpaired) electrons. The number of rotatable bonds is 6. The minimum absolute atomic E-state index is 0.0681. The lowest BCUT2D eigenvalue weighted by Gasteiger charge is -2.11. The van der Waals surface area contributed by atoms with E-state index in [1.165, 1.54) is 0 Å². The molecule has 28 heavy (non-hydrogen) atoms. The summed E-state index contributed by atoms with van der Waals surface area (Å²) in [7, 11) is 0. The van der Waals surface area contributed by atoms with Crippen LogP contribution in [0.3, 0.4) is 0 Å². The Bertz CT molecular complexity index is 1010. The normalized spacial score (nSPS) is 10.8. The molecule has 7 nitrogen and oxygen atoms in total. The Morgan fingerprint density at radius 2 is 1.79 bits per heavy atom. The number of amides is 1. The third-order valence-electron chi connectivity index (χ3n) is 4.39. The summed E-state index contributed by atoms with van der Waals surface area (Å²) in [6.07, 6.45) is 0. The molecule has 1 amide bonds. The minimum Gasteiger partial charge on any atom is -0.368 e. The highest BCUT2D eigenvalue weighted by atomic mass is 16.1. The number of aryl methyl sites for hydroxylation is 5. The smallest absolute Gasteiger partial charge is 0.251 e. The maximum atomic E-state index is 12.3. The quantitative estimate of drug-likeness (QED) is 0.644. The van der Waals surface area contributed by atoms with Crippen LogP contribution < -0.4 is 10.6 Å². The van der Waals surface area contributed by atoms with Gasteiger partial charge in [0.15, 0.2) is 5.82 Å². The molecule has 2 aromatic heterocycles. The first-order valence-electron chi connectivity index (χ1n) is 9.32. The van der Waals surface area contributed by atoms with Crippen LogP contribution >= 0.6 is 0 Å². The van der Waals surface area contributed by atoms with E-state index in [0.717, 1.165) is 28.3 Å². The zero-order valence-electron chi connectivity index (χ0n) is 17.0. The first-order valence-corrected chi connectivity index (χ1v) is 9.32. The van der Waals surface area contributed by atoms with Crippen LogP contribution in [0.1, 0.15) is 38.7 Å². The summed E-state index contributed by atoms with van der Waals surface area (Å²) in [5, 5.41) is 10.7. The van der Waals surface area contributed by atoms with Crippen molar-refractivity contribution >= 4 is 11.7 Å². The summed E-state index contributed by atoms with van der Waals surface area (Å²) in [5.41, 5.74) is 4.79. The van der Waals surface area contributed by atoms with Gasteiger partial charge in [0.1, 0.15) is 11.6 Å². The van der Waals surface area contributed by atoms with Gasteiger partial charge in [-0.05, 0) is 52.3 Å². The van der Waals surface area contributed by atoms with Gasteiger partial charge in [-0.1, -0.05) is 17.7 Å². The zero-order valence-corrected chi connectivity index (χ0v) is 17.0. The minimum atomic E-state index is -0.0681. The second-order valence-electron chi connectivity index (χ2n) is 7.00. The lowest BCUT2D eigenvalue weighted by Crippen LogP contribution is -2.29. The van der Waals surface area contributed by atoms with Crippen LogP contribution in [0, 0.1) is 34.6 Å². The lowest BCUT2D eigenvalue weighted by atomic mass is 10.1. The molecule has 0 fully saturated rings. The SMILES string of the molecule is Cc1ccc(C(=O)NCCNc2cc(-n3nc(C)cc3C)nc(C)n2)c(C)c1. The number of carbonyl (C=O) groups excluding carboxylic acids is 1. The number of benzene rings is 1. The van der Waals surface area contributed by atoms with Gasteiger partial charge in [-0.3, -0.25) is 4.79 Å². The number of nitrogens with one attached hydrogen (secondary N) is 2. The summed E-state index contributed by atoms with van der Waals surface area (Å²) in [6, 6.07) is 9.69. The molecule has 3 rings (SSSR count). The molecule has 0 aliphatic carbocycles. The van der Waals surface area contributed by atoms with Crippen LogP contribution in [-0.2, 0) is 0 Å². The summed E-state index contributed by atoms with van der Waals surface area (Å²) < 4.78 is 1.80. The van der Waals surface area contributed by atoms with Crippen LogP contribution in [0.25, 0.3) is 5.82 Å². The van der Waals surface area contributed by atoms with E-state index >= 15 is 0 Å². The summed E-state index contributed by atoms with van der Waals surface area (Å²) >= 11 is 0. The molecule has 0 spiro atoms. The van der Waals surface area contributed by atoms with Gasteiger partial charge in [0.2, 0.25) is 0 Å². The highest BCUT2D eigenvalue weighted by Gasteiger charge is 2.10. The molecule has 0 atom stereocenters. The Balaban J connectivity index is 1.60. The molecule has 2 N–H and O–H groups in total.